The predicted octanol–water partition coefficient (Wildman–Crippen LogP) is 2.03. The van der Waals surface area contributed by atoms with Crippen molar-refractivity contribution in [3.63, 3.8) is 0 Å². The van der Waals surface area contributed by atoms with E-state index in [2.05, 4.69) is 15.9 Å². The number of phenols is 1. The molecule has 1 aromatic carbocycles. The van der Waals surface area contributed by atoms with Crippen LogP contribution >= 0.6 is 27.5 Å². The smallest absolute Gasteiger partial charge is 0.490 e. The van der Waals surface area contributed by atoms with Gasteiger partial charge in [-0.05, 0) is 46.8 Å². The van der Waals surface area contributed by atoms with Crippen LogP contribution in [0.25, 0.3) is 0 Å². The number of carbonyl (C=O) groups excluding carboxylic acids is 1. The number of carbonyl (C=O) groups is 2. The minimum absolute atomic E-state index is 0.0861. The number of alkyl halides is 3. The predicted molar refractivity (Wildman–Crippen MR) is 104 cm³/mol. The van der Waals surface area contributed by atoms with E-state index in [1.165, 1.54) is 11.0 Å². The number of aromatic hydroxyl groups is 1. The zero-order chi connectivity index (χ0) is 23.2. The first kappa shape index (κ1) is 26.4. The van der Waals surface area contributed by atoms with Crippen LogP contribution in [0.1, 0.15) is 24.4 Å². The fourth-order valence-electron chi connectivity index (χ4n) is 2.84. The first-order valence-corrected chi connectivity index (χ1v) is 9.78. The summed E-state index contributed by atoms with van der Waals surface area (Å²) in [7, 11) is 0. The number of carboxylic acid groups (broad SMARTS) is 1. The maximum Gasteiger partial charge on any atom is 0.490 e. The second-order valence-corrected chi connectivity index (χ2v) is 7.78. The Kier molecular flexibility index (Phi) is 9.82. The molecule has 0 spiro atoms. The van der Waals surface area contributed by atoms with E-state index in [-0.39, 0.29) is 17.7 Å². The molecule has 1 fully saturated rings. The number of nitrogens with two attached hydrogens (primary N) is 1. The van der Waals surface area contributed by atoms with Crippen molar-refractivity contribution in [1.82, 2.24) is 4.90 Å². The lowest BCUT2D eigenvalue weighted by Gasteiger charge is -2.35. The molecule has 0 saturated carbocycles. The topological polar surface area (TPSA) is 144 Å². The average molecular weight is 522 g/mol. The van der Waals surface area contributed by atoms with Gasteiger partial charge in [0, 0.05) is 29.2 Å². The van der Waals surface area contributed by atoms with Gasteiger partial charge in [-0.3, -0.25) is 4.79 Å². The number of amides is 1. The number of piperidine rings is 1. The number of aliphatic hydroxyl groups is 2. The first-order valence-electron chi connectivity index (χ1n) is 8.60. The highest BCUT2D eigenvalue weighted by Crippen LogP contribution is 2.37. The molecule has 1 saturated heterocycles. The van der Waals surface area contributed by atoms with Crippen molar-refractivity contribution in [2.45, 2.75) is 31.2 Å². The lowest BCUT2D eigenvalue weighted by Crippen LogP contribution is -2.46. The lowest BCUT2D eigenvalue weighted by atomic mass is 9.85. The Morgan fingerprint density at radius 2 is 1.80 bits per heavy atom. The summed E-state index contributed by atoms with van der Waals surface area (Å²) in [6.07, 6.45) is -5.15. The van der Waals surface area contributed by atoms with E-state index in [0.717, 1.165) is 0 Å². The number of benzene rings is 1. The van der Waals surface area contributed by atoms with E-state index < -0.39 is 30.8 Å². The molecule has 2 unspecified atom stereocenters. The molecule has 0 radical (unpaired) electrons. The molecule has 1 aliphatic heterocycles. The number of carboxylic acids is 1. The molecule has 0 aliphatic carbocycles. The Bertz CT molecular complexity index is 760. The number of hydrogen-bond donors (Lipinski definition) is 5. The van der Waals surface area contributed by atoms with Crippen molar-refractivity contribution in [3.05, 3.63) is 27.2 Å². The summed E-state index contributed by atoms with van der Waals surface area (Å²) < 4.78 is 32.3. The molecule has 13 heteroatoms. The van der Waals surface area contributed by atoms with Gasteiger partial charge < -0.3 is 31.1 Å². The molecule has 1 heterocycles. The van der Waals surface area contributed by atoms with E-state index in [0.29, 0.717) is 41.0 Å². The molecule has 1 amide bonds. The molecule has 1 aromatic rings. The number of phenolic OH excluding ortho intramolecular Hbond substituents is 1. The van der Waals surface area contributed by atoms with E-state index >= 15 is 0 Å². The van der Waals surface area contributed by atoms with Gasteiger partial charge in [0.15, 0.2) is 6.10 Å². The van der Waals surface area contributed by atoms with Crippen LogP contribution < -0.4 is 5.73 Å². The van der Waals surface area contributed by atoms with Gasteiger partial charge in [0.05, 0.1) is 11.6 Å². The van der Waals surface area contributed by atoms with Crippen LogP contribution in [-0.4, -0.2) is 69.2 Å². The summed E-state index contributed by atoms with van der Waals surface area (Å²) >= 11 is 9.31. The Balaban J connectivity index is 0.000000553. The van der Waals surface area contributed by atoms with Crippen LogP contribution in [0.15, 0.2) is 16.6 Å². The third-order valence-electron chi connectivity index (χ3n) is 4.49. The van der Waals surface area contributed by atoms with E-state index in [1.54, 1.807) is 6.07 Å². The quantitative estimate of drug-likeness (QED) is 0.408. The summed E-state index contributed by atoms with van der Waals surface area (Å²) in [5.74, 6) is -3.04. The molecule has 1 aliphatic rings. The van der Waals surface area contributed by atoms with E-state index in [9.17, 15) is 28.2 Å². The highest BCUT2D eigenvalue weighted by Gasteiger charge is 2.38. The van der Waals surface area contributed by atoms with Crippen LogP contribution in [0, 0.1) is 5.92 Å². The fraction of sp³-hybridized carbons (Fsp3) is 0.529. The van der Waals surface area contributed by atoms with Crippen LogP contribution in [0.3, 0.4) is 0 Å². The largest absolute Gasteiger partial charge is 0.508 e. The molecule has 30 heavy (non-hydrogen) atoms. The number of likely N-dealkylation sites (tertiary alicyclic amines) is 1. The summed E-state index contributed by atoms with van der Waals surface area (Å²) in [4.78, 5) is 22.3. The Hall–Kier alpha value is -1.60. The minimum Gasteiger partial charge on any atom is -0.508 e. The lowest BCUT2D eigenvalue weighted by molar-refractivity contribution is -0.192. The standard InChI is InChI=1S/C15H20BrClN2O4.C2HF3O2/c16-10-6-12(21)9(5-11(10)17)14(18)8-1-3-19(4-2-8)15(23)13(22)7-20;3-2(4,5)1(6)7/h5-6,8,13-14,20-22H,1-4,7,18H2;(H,6,7). The monoisotopic (exact) mass is 520 g/mol. The van der Waals surface area contributed by atoms with Crippen molar-refractivity contribution in [1.29, 1.82) is 0 Å². The van der Waals surface area contributed by atoms with Gasteiger partial charge in [-0.2, -0.15) is 13.2 Å². The van der Waals surface area contributed by atoms with Crippen molar-refractivity contribution >= 4 is 39.4 Å². The maximum absolute atomic E-state index is 11.8. The van der Waals surface area contributed by atoms with Gasteiger partial charge in [-0.25, -0.2) is 4.79 Å². The molecular weight excluding hydrogens is 501 g/mol. The summed E-state index contributed by atoms with van der Waals surface area (Å²) in [6, 6.07) is 2.78. The summed E-state index contributed by atoms with van der Waals surface area (Å²) in [5, 5.41) is 35.9. The van der Waals surface area contributed by atoms with Crippen molar-refractivity contribution in [2.24, 2.45) is 11.7 Å². The van der Waals surface area contributed by atoms with Gasteiger partial charge >= 0.3 is 12.1 Å². The third-order valence-corrected chi connectivity index (χ3v) is 5.69. The van der Waals surface area contributed by atoms with Crippen molar-refractivity contribution in [3.8, 4) is 5.75 Å². The van der Waals surface area contributed by atoms with Crippen LogP contribution in [-0.2, 0) is 9.59 Å². The number of aliphatic carboxylic acids is 1. The van der Waals surface area contributed by atoms with Gasteiger partial charge in [0.25, 0.3) is 5.91 Å². The van der Waals surface area contributed by atoms with Gasteiger partial charge in [0.2, 0.25) is 0 Å². The highest BCUT2D eigenvalue weighted by atomic mass is 79.9. The second-order valence-electron chi connectivity index (χ2n) is 6.51. The molecule has 6 N–H and O–H groups in total. The van der Waals surface area contributed by atoms with Crippen LogP contribution in [0.5, 0.6) is 5.75 Å². The second kappa shape index (κ2) is 11.1. The van der Waals surface area contributed by atoms with Gasteiger partial charge in [-0.15, -0.1) is 0 Å². The van der Waals surface area contributed by atoms with Crippen molar-refractivity contribution in [2.75, 3.05) is 19.7 Å². The Morgan fingerprint density at radius 3 is 2.23 bits per heavy atom. The number of rotatable bonds is 4. The first-order chi connectivity index (χ1) is 13.8. The zero-order valence-corrected chi connectivity index (χ0v) is 17.8. The van der Waals surface area contributed by atoms with Gasteiger partial charge in [-0.1, -0.05) is 11.6 Å². The molecule has 0 aromatic heterocycles. The van der Waals surface area contributed by atoms with Gasteiger partial charge in [0.1, 0.15) is 5.75 Å². The van der Waals surface area contributed by atoms with Crippen LogP contribution in [0.2, 0.25) is 5.02 Å². The fourth-order valence-corrected chi connectivity index (χ4v) is 3.34. The van der Waals surface area contributed by atoms with Crippen LogP contribution in [0.4, 0.5) is 13.2 Å². The molecular formula is C17H21BrClF3N2O6. The molecule has 0 bridgehead atoms. The molecule has 8 nitrogen and oxygen atoms in total. The SMILES string of the molecule is NC(c1cc(Cl)c(Br)cc1O)C1CCN(C(=O)C(O)CO)CC1.O=C(O)C(F)(F)F. The Labute approximate surface area is 183 Å². The molecule has 2 atom stereocenters. The average Bonchev–Trinajstić information content (AvgIpc) is 2.69. The molecule has 2 rings (SSSR count). The summed E-state index contributed by atoms with van der Waals surface area (Å²) in [6.45, 7) is 0.335. The molecule has 170 valence electrons. The number of aliphatic hydroxyl groups excluding tert-OH is 2. The number of hydrogen-bond acceptors (Lipinski definition) is 6. The maximum atomic E-state index is 11.8. The van der Waals surface area contributed by atoms with E-state index in [4.69, 9.17) is 32.3 Å². The minimum atomic E-state index is -5.08. The highest BCUT2D eigenvalue weighted by molar-refractivity contribution is 9.10. The summed E-state index contributed by atoms with van der Waals surface area (Å²) in [5.41, 5.74) is 6.85. The Morgan fingerprint density at radius 1 is 1.30 bits per heavy atom. The zero-order valence-electron chi connectivity index (χ0n) is 15.4. The normalized spacial score (nSPS) is 17.0. The third kappa shape index (κ3) is 7.27. The van der Waals surface area contributed by atoms with Crippen molar-refractivity contribution < 1.29 is 43.2 Å². The van der Waals surface area contributed by atoms with E-state index in [1.807, 2.05) is 0 Å². The number of halogens is 5. The number of nitrogens with zero attached hydrogens (tertiary/aromatic N) is 1.